The van der Waals surface area contributed by atoms with E-state index in [0.29, 0.717) is 12.3 Å². The molecule has 2 saturated heterocycles. The molecule has 2 heterocycles. The first-order valence-electron chi connectivity index (χ1n) is 9.15. The summed E-state index contributed by atoms with van der Waals surface area (Å²) < 4.78 is 0. The van der Waals surface area contributed by atoms with Gasteiger partial charge in [-0.3, -0.25) is 4.79 Å². The molecular weight excluding hydrogens is 318 g/mol. The van der Waals surface area contributed by atoms with Gasteiger partial charge in [-0.1, -0.05) is 37.3 Å². The van der Waals surface area contributed by atoms with E-state index in [2.05, 4.69) is 45.9 Å². The van der Waals surface area contributed by atoms with Crippen LogP contribution in [0.1, 0.15) is 24.9 Å². The molecule has 4 nitrogen and oxygen atoms in total. The Labute approximate surface area is 150 Å². The lowest BCUT2D eigenvalue weighted by Gasteiger charge is -2.37. The molecule has 3 rings (SSSR count). The average molecular weight is 348 g/mol. The zero-order valence-corrected chi connectivity index (χ0v) is 15.5. The maximum Gasteiger partial charge on any atom is 0.224 e. The van der Waals surface area contributed by atoms with Gasteiger partial charge < -0.3 is 14.7 Å². The molecule has 1 aromatic rings. The largest absolute Gasteiger partial charge is 0.334 e. The van der Waals surface area contributed by atoms with Gasteiger partial charge in [0, 0.05) is 57.2 Å². The zero-order chi connectivity index (χ0) is 16.8. The molecule has 0 N–H and O–H groups in total. The maximum absolute atomic E-state index is 12.8. The molecule has 2 aliphatic rings. The second-order valence-corrected chi connectivity index (χ2v) is 7.76. The summed E-state index contributed by atoms with van der Waals surface area (Å²) in [5.41, 5.74) is 1.27. The van der Waals surface area contributed by atoms with E-state index in [4.69, 9.17) is 0 Å². The molecule has 2 aliphatic heterocycles. The number of likely N-dealkylation sites (N-methyl/N-ethyl adjacent to an activating group) is 1. The van der Waals surface area contributed by atoms with E-state index in [9.17, 15) is 4.79 Å². The molecule has 1 amide bonds. The van der Waals surface area contributed by atoms with Crippen molar-refractivity contribution in [1.29, 1.82) is 0 Å². The van der Waals surface area contributed by atoms with E-state index in [1.54, 1.807) is 0 Å². The number of carbonyl (C=O) groups is 1. The van der Waals surface area contributed by atoms with Gasteiger partial charge in [-0.15, -0.1) is 0 Å². The van der Waals surface area contributed by atoms with Crippen molar-refractivity contribution in [3.05, 3.63) is 35.9 Å². The molecule has 0 aromatic heterocycles. The minimum atomic E-state index is 0.245. The summed E-state index contributed by atoms with van der Waals surface area (Å²) in [5, 5.41) is 0. The highest BCUT2D eigenvalue weighted by Gasteiger charge is 2.28. The van der Waals surface area contributed by atoms with Crippen molar-refractivity contribution in [2.75, 3.05) is 57.3 Å². The highest BCUT2D eigenvalue weighted by Crippen LogP contribution is 2.29. The smallest absolute Gasteiger partial charge is 0.224 e. The fourth-order valence-corrected chi connectivity index (χ4v) is 4.67. The first-order valence-corrected chi connectivity index (χ1v) is 10.3. The molecule has 132 valence electrons. The van der Waals surface area contributed by atoms with Gasteiger partial charge in [-0.2, -0.15) is 11.8 Å². The van der Waals surface area contributed by atoms with Crippen LogP contribution in [-0.2, 0) is 4.79 Å². The standard InChI is InChI=1S/C19H29N3OS/c1-2-20-10-12-21(13-11-20)9-8-19(23)22-14-15-24-16-18(22)17-6-4-3-5-7-17/h3-7,18H,2,8-16H2,1H3. The van der Waals surface area contributed by atoms with E-state index in [-0.39, 0.29) is 6.04 Å². The van der Waals surface area contributed by atoms with Gasteiger partial charge >= 0.3 is 0 Å². The SMILES string of the molecule is CCN1CCN(CCC(=O)N2CCSCC2c2ccccc2)CC1. The van der Waals surface area contributed by atoms with Crippen molar-refractivity contribution in [2.45, 2.75) is 19.4 Å². The Morgan fingerprint density at radius 1 is 1.08 bits per heavy atom. The molecule has 1 atom stereocenters. The lowest BCUT2D eigenvalue weighted by Crippen LogP contribution is -2.47. The van der Waals surface area contributed by atoms with E-state index in [1.807, 2.05) is 17.8 Å². The number of hydrogen-bond acceptors (Lipinski definition) is 4. The van der Waals surface area contributed by atoms with E-state index in [0.717, 1.165) is 57.3 Å². The molecule has 5 heteroatoms. The van der Waals surface area contributed by atoms with Gasteiger partial charge in [-0.25, -0.2) is 0 Å². The number of piperazine rings is 1. The van der Waals surface area contributed by atoms with Crippen LogP contribution in [0.4, 0.5) is 0 Å². The highest BCUT2D eigenvalue weighted by atomic mass is 32.2. The summed E-state index contributed by atoms with van der Waals surface area (Å²) in [4.78, 5) is 19.9. The van der Waals surface area contributed by atoms with E-state index >= 15 is 0 Å². The molecule has 0 saturated carbocycles. The second-order valence-electron chi connectivity index (χ2n) is 6.61. The van der Waals surface area contributed by atoms with Crippen LogP contribution in [0.5, 0.6) is 0 Å². The van der Waals surface area contributed by atoms with Crippen LogP contribution in [0, 0.1) is 0 Å². The molecule has 0 aliphatic carbocycles. The fraction of sp³-hybridized carbons (Fsp3) is 0.632. The number of nitrogens with zero attached hydrogens (tertiary/aromatic N) is 3. The molecule has 24 heavy (non-hydrogen) atoms. The van der Waals surface area contributed by atoms with Gasteiger partial charge in [0.05, 0.1) is 6.04 Å². The number of rotatable bonds is 5. The Bertz CT molecular complexity index is 517. The lowest BCUT2D eigenvalue weighted by molar-refractivity contribution is -0.133. The third-order valence-electron chi connectivity index (χ3n) is 5.19. The minimum absolute atomic E-state index is 0.245. The van der Waals surface area contributed by atoms with E-state index in [1.165, 1.54) is 5.56 Å². The highest BCUT2D eigenvalue weighted by molar-refractivity contribution is 7.99. The molecule has 1 unspecified atom stereocenters. The summed E-state index contributed by atoms with van der Waals surface area (Å²) in [6.07, 6.45) is 0.653. The van der Waals surface area contributed by atoms with Crippen LogP contribution in [-0.4, -0.2) is 77.9 Å². The van der Waals surface area contributed by atoms with Gasteiger partial charge in [0.15, 0.2) is 0 Å². The first kappa shape index (κ1) is 17.8. The van der Waals surface area contributed by atoms with Crippen LogP contribution in [0.15, 0.2) is 30.3 Å². The van der Waals surface area contributed by atoms with Crippen molar-refractivity contribution < 1.29 is 4.79 Å². The number of amides is 1. The summed E-state index contributed by atoms with van der Waals surface area (Å²) in [6.45, 7) is 9.61. The Balaban J connectivity index is 1.53. The van der Waals surface area contributed by atoms with Crippen LogP contribution < -0.4 is 0 Å². The number of benzene rings is 1. The summed E-state index contributed by atoms with van der Waals surface area (Å²) >= 11 is 1.96. The Hall–Kier alpha value is -1.04. The van der Waals surface area contributed by atoms with Crippen LogP contribution in [0.3, 0.4) is 0 Å². The predicted molar refractivity (Wildman–Crippen MR) is 101 cm³/mol. The van der Waals surface area contributed by atoms with Gasteiger partial charge in [0.25, 0.3) is 0 Å². The minimum Gasteiger partial charge on any atom is -0.334 e. The quantitative estimate of drug-likeness (QED) is 0.817. The molecule has 1 aromatic carbocycles. The van der Waals surface area contributed by atoms with Gasteiger partial charge in [0.2, 0.25) is 5.91 Å². The number of hydrogen-bond donors (Lipinski definition) is 0. The number of carbonyl (C=O) groups excluding carboxylic acids is 1. The van der Waals surface area contributed by atoms with E-state index < -0.39 is 0 Å². The van der Waals surface area contributed by atoms with Crippen LogP contribution in [0.2, 0.25) is 0 Å². The summed E-state index contributed by atoms with van der Waals surface area (Å²) in [6, 6.07) is 10.7. The molecule has 0 spiro atoms. The van der Waals surface area contributed by atoms with Crippen LogP contribution >= 0.6 is 11.8 Å². The topological polar surface area (TPSA) is 26.8 Å². The predicted octanol–water partition coefficient (Wildman–Crippen LogP) is 2.33. The fourth-order valence-electron chi connectivity index (χ4n) is 3.58. The zero-order valence-electron chi connectivity index (χ0n) is 14.7. The maximum atomic E-state index is 12.8. The average Bonchev–Trinajstić information content (AvgIpc) is 2.67. The van der Waals surface area contributed by atoms with Crippen molar-refractivity contribution in [3.8, 4) is 0 Å². The van der Waals surface area contributed by atoms with Crippen molar-refractivity contribution in [1.82, 2.24) is 14.7 Å². The third-order valence-corrected chi connectivity index (χ3v) is 6.21. The van der Waals surface area contributed by atoms with Gasteiger partial charge in [-0.05, 0) is 12.1 Å². The first-order chi connectivity index (χ1) is 11.8. The monoisotopic (exact) mass is 347 g/mol. The Kier molecular flexibility index (Phi) is 6.58. The molecule has 0 radical (unpaired) electrons. The number of thioether (sulfide) groups is 1. The Morgan fingerprint density at radius 2 is 1.79 bits per heavy atom. The van der Waals surface area contributed by atoms with Crippen LogP contribution in [0.25, 0.3) is 0 Å². The molecule has 2 fully saturated rings. The van der Waals surface area contributed by atoms with Crippen molar-refractivity contribution in [2.24, 2.45) is 0 Å². The molecule has 0 bridgehead atoms. The Morgan fingerprint density at radius 3 is 2.50 bits per heavy atom. The lowest BCUT2D eigenvalue weighted by atomic mass is 10.1. The van der Waals surface area contributed by atoms with Gasteiger partial charge in [0.1, 0.15) is 0 Å². The van der Waals surface area contributed by atoms with Crippen molar-refractivity contribution >= 4 is 17.7 Å². The second kappa shape index (κ2) is 8.88. The summed E-state index contributed by atoms with van der Waals surface area (Å²) in [7, 11) is 0. The van der Waals surface area contributed by atoms with Crippen molar-refractivity contribution in [3.63, 3.8) is 0 Å². The summed E-state index contributed by atoms with van der Waals surface area (Å²) in [5.74, 6) is 2.40. The normalized spacial score (nSPS) is 23.4. The third kappa shape index (κ3) is 4.52. The molecular formula is C19H29N3OS.